The summed E-state index contributed by atoms with van der Waals surface area (Å²) in [5, 5.41) is 8.37. The van der Waals surface area contributed by atoms with Gasteiger partial charge < -0.3 is 19.3 Å². The third-order valence-electron chi connectivity index (χ3n) is 4.44. The van der Waals surface area contributed by atoms with E-state index in [4.69, 9.17) is 5.11 Å². The first-order valence-corrected chi connectivity index (χ1v) is 9.49. The average Bonchev–Trinajstić information content (AvgIpc) is 2.76. The summed E-state index contributed by atoms with van der Waals surface area (Å²) in [6, 6.07) is 0. The average molecular weight is 632 g/mol. The van der Waals surface area contributed by atoms with Crippen molar-refractivity contribution in [2.75, 3.05) is 46.2 Å². The van der Waals surface area contributed by atoms with Crippen molar-refractivity contribution in [3.63, 3.8) is 0 Å². The molecular weight excluding hydrogens is 617 g/mol. The van der Waals surface area contributed by atoms with E-state index in [1.807, 2.05) is 0 Å². The summed E-state index contributed by atoms with van der Waals surface area (Å²) in [4.78, 5) is 0. The van der Waals surface area contributed by atoms with E-state index in [1.165, 1.54) is 0 Å². The summed E-state index contributed by atoms with van der Waals surface area (Å²) in [5.41, 5.74) is 0. The molecule has 0 aromatic carbocycles. The molecule has 4 nitrogen and oxygen atoms in total. The van der Waals surface area contributed by atoms with Crippen LogP contribution in [0.5, 0.6) is 0 Å². The van der Waals surface area contributed by atoms with Crippen molar-refractivity contribution in [1.82, 2.24) is 0 Å². The van der Waals surface area contributed by atoms with Crippen LogP contribution in [-0.4, -0.2) is 105 Å². The van der Waals surface area contributed by atoms with Crippen LogP contribution in [0.1, 0.15) is 0 Å². The third-order valence-corrected chi connectivity index (χ3v) is 4.44. The van der Waals surface area contributed by atoms with Crippen molar-refractivity contribution >= 4 is 0 Å². The van der Waals surface area contributed by atoms with E-state index in [-0.39, 0.29) is 19.8 Å². The van der Waals surface area contributed by atoms with Crippen molar-refractivity contribution in [3.8, 4) is 0 Å². The Morgan fingerprint density at radius 1 is 0.359 bits per heavy atom. The van der Waals surface area contributed by atoms with E-state index in [1.54, 1.807) is 0 Å². The molecule has 0 rings (SSSR count). The lowest BCUT2D eigenvalue weighted by atomic mass is 9.87. The number of rotatable bonds is 17. The first kappa shape index (κ1) is 37.5. The summed E-state index contributed by atoms with van der Waals surface area (Å²) < 4.78 is 263. The molecule has 0 unspecified atom stereocenters. The Hall–Kier alpha value is -1.49. The van der Waals surface area contributed by atoms with Gasteiger partial charge in [-0.05, 0) is 0 Å². The SMILES string of the molecule is OCCOCCOCCOCC(F)(F)C(F)(F)C(F)(F)C(F)(F)C(F)(F)C(F)(F)C(F)(F)C(F)(F)C(F)(F)F. The maximum Gasteiger partial charge on any atom is 0.460 e. The van der Waals surface area contributed by atoms with Gasteiger partial charge in [-0.3, -0.25) is 0 Å². The second-order valence-electron chi connectivity index (χ2n) is 7.22. The molecule has 0 aromatic rings. The van der Waals surface area contributed by atoms with Crippen LogP contribution in [0.15, 0.2) is 0 Å². The monoisotopic (exact) mass is 632 g/mol. The first-order chi connectivity index (χ1) is 17.1. The van der Waals surface area contributed by atoms with Crippen molar-refractivity contribution in [2.24, 2.45) is 0 Å². The molecule has 0 heterocycles. The van der Waals surface area contributed by atoms with Gasteiger partial charge >= 0.3 is 53.6 Å². The van der Waals surface area contributed by atoms with Crippen LogP contribution in [-0.2, 0) is 14.2 Å². The van der Waals surface area contributed by atoms with Crippen molar-refractivity contribution in [3.05, 3.63) is 0 Å². The van der Waals surface area contributed by atoms with Crippen molar-refractivity contribution in [1.29, 1.82) is 0 Å². The third kappa shape index (κ3) is 6.39. The Morgan fingerprint density at radius 3 is 0.974 bits per heavy atom. The molecule has 0 spiro atoms. The topological polar surface area (TPSA) is 47.9 Å². The summed E-state index contributed by atoms with van der Waals surface area (Å²) >= 11 is 0. The zero-order valence-corrected chi connectivity index (χ0v) is 18.3. The number of hydrogen-bond donors (Lipinski definition) is 1. The number of aliphatic hydroxyl groups is 1. The Bertz CT molecular complexity index is 780. The molecule has 0 saturated carbocycles. The minimum absolute atomic E-state index is 0.187. The van der Waals surface area contributed by atoms with E-state index in [0.717, 1.165) is 0 Å². The lowest BCUT2D eigenvalue weighted by molar-refractivity contribution is -0.469. The Kier molecular flexibility index (Phi) is 11.3. The maximum absolute atomic E-state index is 13.6. The van der Waals surface area contributed by atoms with E-state index in [0.29, 0.717) is 0 Å². The molecule has 39 heavy (non-hydrogen) atoms. The molecule has 0 fully saturated rings. The number of aliphatic hydroxyl groups excluding tert-OH is 1. The maximum atomic E-state index is 13.6. The Morgan fingerprint density at radius 2 is 0.641 bits per heavy atom. The molecule has 0 aromatic heterocycles. The van der Waals surface area contributed by atoms with Gasteiger partial charge in [0.1, 0.15) is 6.61 Å². The van der Waals surface area contributed by atoms with E-state index in [9.17, 15) is 83.4 Å². The predicted octanol–water partition coefficient (Wildman–Crippen LogP) is 5.67. The molecule has 0 bridgehead atoms. The van der Waals surface area contributed by atoms with E-state index < -0.39 is 80.0 Å². The highest BCUT2D eigenvalue weighted by atomic mass is 19.4. The van der Waals surface area contributed by atoms with Crippen LogP contribution in [0.3, 0.4) is 0 Å². The predicted molar refractivity (Wildman–Crippen MR) is 85.2 cm³/mol. The zero-order chi connectivity index (χ0) is 31.6. The van der Waals surface area contributed by atoms with E-state index in [2.05, 4.69) is 14.2 Å². The number of hydrogen-bond acceptors (Lipinski definition) is 4. The Labute approximate surface area is 203 Å². The van der Waals surface area contributed by atoms with Crippen LogP contribution in [0, 0.1) is 0 Å². The number of alkyl halides is 19. The van der Waals surface area contributed by atoms with Gasteiger partial charge in [-0.1, -0.05) is 0 Å². The number of halogens is 19. The smallest absolute Gasteiger partial charge is 0.394 e. The van der Waals surface area contributed by atoms with Gasteiger partial charge in [-0.25, -0.2) is 0 Å². The van der Waals surface area contributed by atoms with Gasteiger partial charge in [0.25, 0.3) is 0 Å². The molecule has 236 valence electrons. The molecule has 0 saturated heterocycles. The highest BCUT2D eigenvalue weighted by Gasteiger charge is 2.96. The zero-order valence-electron chi connectivity index (χ0n) is 18.3. The Balaban J connectivity index is 5.97. The van der Waals surface area contributed by atoms with Crippen molar-refractivity contribution in [2.45, 2.75) is 53.6 Å². The summed E-state index contributed by atoms with van der Waals surface area (Å²) in [7, 11) is 0. The fourth-order valence-electron chi connectivity index (χ4n) is 2.19. The van der Waals surface area contributed by atoms with Crippen LogP contribution < -0.4 is 0 Å². The largest absolute Gasteiger partial charge is 0.460 e. The summed E-state index contributed by atoms with van der Waals surface area (Å²) in [6.07, 6.45) is -7.92. The molecule has 0 aliphatic rings. The molecule has 0 radical (unpaired) electrons. The summed E-state index contributed by atoms with van der Waals surface area (Å²) in [6.45, 7) is -6.37. The van der Waals surface area contributed by atoms with Crippen LogP contribution in [0.4, 0.5) is 83.4 Å². The van der Waals surface area contributed by atoms with Crippen LogP contribution in [0.25, 0.3) is 0 Å². The fraction of sp³-hybridized carbons (Fsp3) is 1.00. The van der Waals surface area contributed by atoms with Gasteiger partial charge in [0.2, 0.25) is 0 Å². The molecular formula is C16H15F19O4. The van der Waals surface area contributed by atoms with Gasteiger partial charge in [-0.2, -0.15) is 83.4 Å². The first-order valence-electron chi connectivity index (χ1n) is 9.49. The fourth-order valence-corrected chi connectivity index (χ4v) is 2.19. The van der Waals surface area contributed by atoms with Crippen LogP contribution in [0.2, 0.25) is 0 Å². The minimum Gasteiger partial charge on any atom is -0.394 e. The molecule has 0 amide bonds. The van der Waals surface area contributed by atoms with Crippen LogP contribution >= 0.6 is 0 Å². The lowest BCUT2D eigenvalue weighted by Gasteiger charge is -2.43. The highest BCUT2D eigenvalue weighted by molar-refractivity contribution is 5.16. The number of ether oxygens (including phenoxy) is 3. The van der Waals surface area contributed by atoms with Gasteiger partial charge in [-0.15, -0.1) is 0 Å². The molecule has 0 aliphatic heterocycles. The second kappa shape index (κ2) is 11.8. The van der Waals surface area contributed by atoms with E-state index >= 15 is 0 Å². The van der Waals surface area contributed by atoms with Gasteiger partial charge in [0, 0.05) is 0 Å². The highest BCUT2D eigenvalue weighted by Crippen LogP contribution is 2.65. The quantitative estimate of drug-likeness (QED) is 0.166. The lowest BCUT2D eigenvalue weighted by Crippen LogP contribution is -2.76. The standard InChI is InChI=1S/C16H15F19O4/c17-8(18,7-39-6-5-38-4-3-37-2-1-36)9(19,20)10(21,22)11(23,24)12(25,26)13(27,28)14(29,30)15(31,32)16(33,34)35/h36H,1-7H2. The van der Waals surface area contributed by atoms with Crippen molar-refractivity contribution < 1.29 is 103 Å². The van der Waals surface area contributed by atoms with Gasteiger partial charge in [0.15, 0.2) is 0 Å². The summed E-state index contributed by atoms with van der Waals surface area (Å²) in [5.74, 6) is -66.9. The molecule has 0 atom stereocenters. The molecule has 23 heteroatoms. The second-order valence-corrected chi connectivity index (χ2v) is 7.22. The molecule has 0 aliphatic carbocycles. The minimum atomic E-state index is -8.95. The van der Waals surface area contributed by atoms with Gasteiger partial charge in [0.05, 0.1) is 39.6 Å². The molecule has 1 N–H and O–H groups in total. The normalized spacial score (nSPS) is 15.7.